The van der Waals surface area contributed by atoms with E-state index in [0.717, 1.165) is 56.9 Å². The van der Waals surface area contributed by atoms with Crippen LogP contribution in [0.3, 0.4) is 0 Å². The van der Waals surface area contributed by atoms with Gasteiger partial charge in [-0.25, -0.2) is 19.6 Å². The minimum atomic E-state index is -5.08. The van der Waals surface area contributed by atoms with E-state index in [4.69, 9.17) is 29.8 Å². The molecule has 0 bridgehead atoms. The van der Waals surface area contributed by atoms with Gasteiger partial charge < -0.3 is 19.7 Å². The van der Waals surface area contributed by atoms with Crippen molar-refractivity contribution in [2.24, 2.45) is 0 Å². The first-order valence-electron chi connectivity index (χ1n) is 13.9. The highest BCUT2D eigenvalue weighted by Gasteiger charge is 2.39. The number of pyridine rings is 2. The van der Waals surface area contributed by atoms with Crippen LogP contribution in [0.2, 0.25) is 0 Å². The molecule has 2 fully saturated rings. The molecule has 16 heteroatoms. The Morgan fingerprint density at radius 1 is 0.977 bits per heavy atom. The molecule has 2 saturated heterocycles. The number of rotatable bonds is 5. The maximum atomic E-state index is 10.6. The molecule has 10 nitrogen and oxygen atoms in total. The Hall–Kier alpha value is -3.95. The lowest BCUT2D eigenvalue weighted by Gasteiger charge is -2.32. The molecule has 0 saturated carbocycles. The van der Waals surface area contributed by atoms with E-state index in [-0.39, 0.29) is 0 Å². The topological polar surface area (TPSA) is 125 Å². The van der Waals surface area contributed by atoms with Gasteiger partial charge >= 0.3 is 24.3 Å². The summed E-state index contributed by atoms with van der Waals surface area (Å²) in [7, 11) is 0. The molecule has 2 aliphatic heterocycles. The summed E-state index contributed by atoms with van der Waals surface area (Å²) in [5.41, 5.74) is 4.87. The average molecular weight is 633 g/mol. The van der Waals surface area contributed by atoms with Crippen molar-refractivity contribution in [1.82, 2.24) is 24.4 Å². The highest BCUT2D eigenvalue weighted by molar-refractivity contribution is 5.87. The largest absolute Gasteiger partial charge is 0.490 e. The molecule has 44 heavy (non-hydrogen) atoms. The first kappa shape index (κ1) is 34.5. The summed E-state index contributed by atoms with van der Waals surface area (Å²) < 4.78 is 65.8. The van der Waals surface area contributed by atoms with Gasteiger partial charge in [-0.15, -0.1) is 0 Å². The summed E-state index contributed by atoms with van der Waals surface area (Å²) in [6.45, 7) is 9.88. The molecule has 2 N–H and O–H groups in total. The van der Waals surface area contributed by atoms with Crippen LogP contribution in [-0.2, 0) is 16.1 Å². The van der Waals surface area contributed by atoms with Crippen molar-refractivity contribution in [3.63, 3.8) is 0 Å². The van der Waals surface area contributed by atoms with Crippen LogP contribution in [0.15, 0.2) is 36.9 Å². The zero-order valence-electron chi connectivity index (χ0n) is 24.1. The minimum Gasteiger partial charge on any atom is -0.475 e. The van der Waals surface area contributed by atoms with Crippen molar-refractivity contribution in [3.8, 4) is 0 Å². The van der Waals surface area contributed by atoms with Crippen LogP contribution in [0.4, 0.5) is 32.2 Å². The van der Waals surface area contributed by atoms with Gasteiger partial charge in [-0.05, 0) is 70.3 Å². The number of halogens is 6. The summed E-state index contributed by atoms with van der Waals surface area (Å²) in [5.74, 6) is -3.88. The number of hydrogen-bond donors (Lipinski definition) is 2. The van der Waals surface area contributed by atoms with Gasteiger partial charge in [0.25, 0.3) is 0 Å². The van der Waals surface area contributed by atoms with Crippen LogP contribution in [0.25, 0.3) is 11.0 Å². The fourth-order valence-electron chi connectivity index (χ4n) is 4.94. The first-order valence-corrected chi connectivity index (χ1v) is 13.9. The molecule has 0 aromatic carbocycles. The van der Waals surface area contributed by atoms with Gasteiger partial charge in [-0.2, -0.15) is 26.3 Å². The monoisotopic (exact) mass is 632 g/mol. The van der Waals surface area contributed by atoms with Crippen LogP contribution in [0.1, 0.15) is 62.7 Å². The van der Waals surface area contributed by atoms with Crippen LogP contribution < -0.4 is 4.90 Å². The molecular weight excluding hydrogens is 598 g/mol. The summed E-state index contributed by atoms with van der Waals surface area (Å²) in [4.78, 5) is 37.0. The molecule has 0 aliphatic carbocycles. The molecule has 0 atom stereocenters. The molecule has 242 valence electrons. The zero-order valence-corrected chi connectivity index (χ0v) is 24.1. The number of piperidine rings is 1. The highest BCUT2D eigenvalue weighted by Crippen LogP contribution is 2.34. The van der Waals surface area contributed by atoms with Gasteiger partial charge in [0.15, 0.2) is 5.82 Å². The second-order valence-electron chi connectivity index (χ2n) is 10.7. The normalized spacial score (nSPS) is 16.3. The quantitative estimate of drug-likeness (QED) is 0.343. The van der Waals surface area contributed by atoms with Crippen molar-refractivity contribution < 1.29 is 46.1 Å². The zero-order chi connectivity index (χ0) is 32.7. The number of nitrogens with zero attached hydrogens (tertiary/aromatic N) is 6. The highest BCUT2D eigenvalue weighted by atomic mass is 19.4. The predicted molar refractivity (Wildman–Crippen MR) is 148 cm³/mol. The molecule has 0 spiro atoms. The van der Waals surface area contributed by atoms with Gasteiger partial charge in [0.05, 0.1) is 11.8 Å². The number of carbonyl (C=O) groups is 2. The fraction of sp³-hybridized carbons (Fsp3) is 0.536. The third-order valence-electron chi connectivity index (χ3n) is 7.15. The van der Waals surface area contributed by atoms with Crippen LogP contribution in [-0.4, -0.2) is 85.1 Å². The van der Waals surface area contributed by atoms with Gasteiger partial charge in [0, 0.05) is 49.7 Å². The number of alkyl halides is 6. The predicted octanol–water partition coefficient (Wildman–Crippen LogP) is 5.65. The van der Waals surface area contributed by atoms with Crippen molar-refractivity contribution in [3.05, 3.63) is 48.2 Å². The molecule has 5 rings (SSSR count). The standard InChI is InChI=1S/C24H32N6.2C2HF3O2/c1-18(2)30-17-26-23-22(30)14-21(27-24(23)29-10-3-4-11-29)20-7-12-28(13-8-20)16-19-6-5-9-25-15-19;2*3-2(4,5)1(6)7/h5-6,9,14-15,17-18,20H,3-4,7-8,10-13,16H2,1-2H3;2*(H,6,7). The smallest absolute Gasteiger partial charge is 0.475 e. The van der Waals surface area contributed by atoms with E-state index in [0.29, 0.717) is 12.0 Å². The maximum Gasteiger partial charge on any atom is 0.490 e. The van der Waals surface area contributed by atoms with Crippen LogP contribution >= 0.6 is 0 Å². The summed E-state index contributed by atoms with van der Waals surface area (Å²) in [6.07, 6.45) is 0.489. The molecule has 3 aromatic rings. The molecule has 3 aromatic heterocycles. The molecule has 2 aliphatic rings. The Balaban J connectivity index is 0.000000317. The second kappa shape index (κ2) is 14.7. The molecule has 0 unspecified atom stereocenters. The van der Waals surface area contributed by atoms with Crippen molar-refractivity contribution in [2.75, 3.05) is 31.1 Å². The van der Waals surface area contributed by atoms with Gasteiger partial charge in [0.1, 0.15) is 5.52 Å². The maximum absolute atomic E-state index is 10.6. The number of carboxylic acid groups (broad SMARTS) is 2. The lowest BCUT2D eigenvalue weighted by atomic mass is 9.92. The number of likely N-dealkylation sites (tertiary alicyclic amines) is 1. The Morgan fingerprint density at radius 3 is 2.02 bits per heavy atom. The SMILES string of the molecule is CC(C)n1cnc2c(N3CCCC3)nc(C3CCN(Cc4cccnc4)CC3)cc21.O=C(O)C(F)(F)F.O=C(O)C(F)(F)F. The number of fused-ring (bicyclic) bond motifs is 1. The van der Waals surface area contributed by atoms with E-state index in [1.54, 1.807) is 0 Å². The number of aromatic nitrogens is 4. The lowest BCUT2D eigenvalue weighted by Crippen LogP contribution is -2.33. The molecule has 0 radical (unpaired) electrons. The van der Waals surface area contributed by atoms with Crippen molar-refractivity contribution in [2.45, 2.75) is 70.4 Å². The van der Waals surface area contributed by atoms with E-state index in [9.17, 15) is 26.3 Å². The molecule has 5 heterocycles. The fourth-order valence-corrected chi connectivity index (χ4v) is 4.94. The Labute approximate surface area is 249 Å². The van der Waals surface area contributed by atoms with E-state index < -0.39 is 24.3 Å². The second-order valence-corrected chi connectivity index (χ2v) is 10.7. The van der Waals surface area contributed by atoms with E-state index in [1.165, 1.54) is 29.6 Å². The summed E-state index contributed by atoms with van der Waals surface area (Å²) >= 11 is 0. The number of hydrogen-bond acceptors (Lipinski definition) is 7. The Kier molecular flexibility index (Phi) is 11.5. The third kappa shape index (κ3) is 9.53. The number of aliphatic carboxylic acids is 2. The van der Waals surface area contributed by atoms with Crippen LogP contribution in [0, 0.1) is 0 Å². The number of carboxylic acids is 2. The van der Waals surface area contributed by atoms with Crippen LogP contribution in [0.5, 0.6) is 0 Å². The minimum absolute atomic E-state index is 0.401. The van der Waals surface area contributed by atoms with Crippen molar-refractivity contribution in [1.29, 1.82) is 0 Å². The van der Waals surface area contributed by atoms with E-state index in [1.807, 2.05) is 24.8 Å². The van der Waals surface area contributed by atoms with E-state index in [2.05, 4.69) is 45.3 Å². The summed E-state index contributed by atoms with van der Waals surface area (Å²) in [6, 6.07) is 6.92. The summed E-state index contributed by atoms with van der Waals surface area (Å²) in [5, 5.41) is 14.2. The lowest BCUT2D eigenvalue weighted by molar-refractivity contribution is -0.193. The molecule has 0 amide bonds. The van der Waals surface area contributed by atoms with E-state index >= 15 is 0 Å². The van der Waals surface area contributed by atoms with Crippen molar-refractivity contribution >= 4 is 28.8 Å². The average Bonchev–Trinajstić information content (AvgIpc) is 3.64. The number of imidazole rings is 1. The molecular formula is C28H34F6N6O4. The Morgan fingerprint density at radius 2 is 1.55 bits per heavy atom. The van der Waals surface area contributed by atoms with Gasteiger partial charge in [0.2, 0.25) is 0 Å². The van der Waals surface area contributed by atoms with Gasteiger partial charge in [-0.1, -0.05) is 6.07 Å². The Bertz CT molecular complexity index is 1360. The third-order valence-corrected chi connectivity index (χ3v) is 7.15. The van der Waals surface area contributed by atoms with Gasteiger partial charge in [-0.3, -0.25) is 9.88 Å². The number of anilines is 1. The first-order chi connectivity index (χ1) is 20.6.